The second-order valence-electron chi connectivity index (χ2n) is 5.87. The lowest BCUT2D eigenvalue weighted by Gasteiger charge is -2.35. The summed E-state index contributed by atoms with van der Waals surface area (Å²) in [7, 11) is 1.68. The van der Waals surface area contributed by atoms with Gasteiger partial charge in [0.05, 0.1) is 5.60 Å². The highest BCUT2D eigenvalue weighted by atomic mass is 16.5. The van der Waals surface area contributed by atoms with E-state index < -0.39 is 5.97 Å². The molecule has 0 spiro atoms. The summed E-state index contributed by atoms with van der Waals surface area (Å²) in [6.07, 6.45) is 0.755. The van der Waals surface area contributed by atoms with Crippen LogP contribution in [-0.4, -0.2) is 36.4 Å². The van der Waals surface area contributed by atoms with Crippen LogP contribution in [0.1, 0.15) is 32.8 Å². The molecule has 0 saturated heterocycles. The van der Waals surface area contributed by atoms with Gasteiger partial charge in [-0.25, -0.2) is 0 Å². The molecule has 0 fully saturated rings. The van der Waals surface area contributed by atoms with E-state index in [1.54, 1.807) is 7.11 Å². The molecule has 0 radical (unpaired) electrons. The maximum atomic E-state index is 11.1. The fourth-order valence-electron chi connectivity index (χ4n) is 2.29. The fraction of sp³-hybridized carbons (Fsp3) is 0.562. The number of ether oxygens (including phenoxy) is 1. The number of carboxylic acid groups (broad SMARTS) is 1. The molecule has 1 unspecified atom stereocenters. The predicted octanol–water partition coefficient (Wildman–Crippen LogP) is 3.09. The highest BCUT2D eigenvalue weighted by Gasteiger charge is 2.25. The molecule has 0 aliphatic rings. The summed E-state index contributed by atoms with van der Waals surface area (Å²) in [4.78, 5) is 13.0. The average Bonchev–Trinajstić information content (AvgIpc) is 2.36. The van der Waals surface area contributed by atoms with E-state index in [0.29, 0.717) is 0 Å². The molecule has 4 heteroatoms. The van der Waals surface area contributed by atoms with Gasteiger partial charge in [-0.1, -0.05) is 17.7 Å². The predicted molar refractivity (Wildman–Crippen MR) is 81.3 cm³/mol. The molecule has 4 nitrogen and oxygen atoms in total. The number of benzene rings is 1. The Morgan fingerprint density at radius 1 is 1.35 bits per heavy atom. The Morgan fingerprint density at radius 3 is 2.35 bits per heavy atom. The summed E-state index contributed by atoms with van der Waals surface area (Å²) in [6, 6.07) is 8.00. The van der Waals surface area contributed by atoms with Crippen LogP contribution < -0.4 is 4.90 Å². The minimum atomic E-state index is -0.826. The second-order valence-corrected chi connectivity index (χ2v) is 5.87. The van der Waals surface area contributed by atoms with Gasteiger partial charge in [0.25, 0.3) is 0 Å². The van der Waals surface area contributed by atoms with Crippen LogP contribution in [0.4, 0.5) is 5.69 Å². The number of aryl methyl sites for hydroxylation is 1. The molecule has 1 aromatic carbocycles. The number of aliphatic carboxylic acids is 1. The first-order valence-corrected chi connectivity index (χ1v) is 6.85. The van der Waals surface area contributed by atoms with Gasteiger partial charge in [-0.3, -0.25) is 4.79 Å². The molecule has 112 valence electrons. The highest BCUT2D eigenvalue weighted by Crippen LogP contribution is 2.24. The Balaban J connectivity index is 2.94. The molecule has 0 amide bonds. The zero-order valence-electron chi connectivity index (χ0n) is 13.0. The number of nitrogens with zero attached hydrogens (tertiary/aromatic N) is 1. The highest BCUT2D eigenvalue weighted by molar-refractivity contribution is 5.74. The Hall–Kier alpha value is -1.55. The number of hydrogen-bond acceptors (Lipinski definition) is 3. The molecule has 1 rings (SSSR count). The Kier molecular flexibility index (Phi) is 5.57. The van der Waals surface area contributed by atoms with Crippen LogP contribution in [0.5, 0.6) is 0 Å². The van der Waals surface area contributed by atoms with Crippen molar-refractivity contribution in [2.75, 3.05) is 18.6 Å². The molecule has 0 aromatic heterocycles. The van der Waals surface area contributed by atoms with Gasteiger partial charge in [-0.2, -0.15) is 0 Å². The van der Waals surface area contributed by atoms with Gasteiger partial charge in [-0.15, -0.1) is 0 Å². The standard InChI is InChI=1S/C16H25NO3/c1-12-6-8-14(9-7-12)17(11-15(18)19)13(2)10-16(3,4)20-5/h6-9,13H,10-11H2,1-5H3,(H,18,19). The SMILES string of the molecule is COC(C)(C)CC(C)N(CC(=O)O)c1ccc(C)cc1. The summed E-state index contributed by atoms with van der Waals surface area (Å²) >= 11 is 0. The third-order valence-corrected chi connectivity index (χ3v) is 3.54. The van der Waals surface area contributed by atoms with Gasteiger partial charge in [0, 0.05) is 18.8 Å². The van der Waals surface area contributed by atoms with Gasteiger partial charge in [0.2, 0.25) is 0 Å². The first kappa shape index (κ1) is 16.5. The van der Waals surface area contributed by atoms with Crippen LogP contribution in [0.25, 0.3) is 0 Å². The number of rotatable bonds is 7. The third kappa shape index (κ3) is 4.85. The molecule has 0 aliphatic heterocycles. The number of anilines is 1. The summed E-state index contributed by atoms with van der Waals surface area (Å²) < 4.78 is 5.44. The van der Waals surface area contributed by atoms with Gasteiger partial charge < -0.3 is 14.7 Å². The lowest BCUT2D eigenvalue weighted by Crippen LogP contribution is -2.42. The Morgan fingerprint density at radius 2 is 1.90 bits per heavy atom. The smallest absolute Gasteiger partial charge is 0.323 e. The molecule has 1 aromatic rings. The van der Waals surface area contributed by atoms with Crippen molar-refractivity contribution in [2.24, 2.45) is 0 Å². The van der Waals surface area contributed by atoms with Gasteiger partial charge in [0.1, 0.15) is 6.54 Å². The normalized spacial score (nSPS) is 13.1. The maximum absolute atomic E-state index is 11.1. The molecule has 0 bridgehead atoms. The molecular weight excluding hydrogens is 254 g/mol. The van der Waals surface area contributed by atoms with E-state index in [2.05, 4.69) is 0 Å². The lowest BCUT2D eigenvalue weighted by molar-refractivity contribution is -0.135. The van der Waals surface area contributed by atoms with E-state index >= 15 is 0 Å². The monoisotopic (exact) mass is 279 g/mol. The number of methoxy groups -OCH3 is 1. The van der Waals surface area contributed by atoms with Crippen molar-refractivity contribution in [3.05, 3.63) is 29.8 Å². The van der Waals surface area contributed by atoms with Crippen molar-refractivity contribution in [1.82, 2.24) is 0 Å². The summed E-state index contributed by atoms with van der Waals surface area (Å²) in [5, 5.41) is 9.13. The first-order valence-electron chi connectivity index (χ1n) is 6.85. The molecule has 20 heavy (non-hydrogen) atoms. The zero-order valence-corrected chi connectivity index (χ0v) is 13.0. The van der Waals surface area contributed by atoms with E-state index in [0.717, 1.165) is 17.7 Å². The third-order valence-electron chi connectivity index (χ3n) is 3.54. The minimum Gasteiger partial charge on any atom is -0.480 e. The van der Waals surface area contributed by atoms with Crippen molar-refractivity contribution < 1.29 is 14.6 Å². The number of carbonyl (C=O) groups is 1. The topological polar surface area (TPSA) is 49.8 Å². The van der Waals surface area contributed by atoms with E-state index in [9.17, 15) is 4.79 Å². The molecule has 0 aliphatic carbocycles. The average molecular weight is 279 g/mol. The van der Waals surface area contributed by atoms with E-state index in [4.69, 9.17) is 9.84 Å². The molecule has 0 heterocycles. The van der Waals surface area contributed by atoms with Crippen LogP contribution in [0, 0.1) is 6.92 Å². The van der Waals surface area contributed by atoms with Crippen molar-refractivity contribution in [2.45, 2.75) is 45.8 Å². The van der Waals surface area contributed by atoms with Crippen LogP contribution >= 0.6 is 0 Å². The Labute approximate surface area is 121 Å². The van der Waals surface area contributed by atoms with Crippen LogP contribution in [0.2, 0.25) is 0 Å². The zero-order chi connectivity index (χ0) is 15.3. The summed E-state index contributed by atoms with van der Waals surface area (Å²) in [6.45, 7) is 8.06. The maximum Gasteiger partial charge on any atom is 0.323 e. The first-order chi connectivity index (χ1) is 9.25. The van der Waals surface area contributed by atoms with Crippen molar-refractivity contribution in [3.63, 3.8) is 0 Å². The van der Waals surface area contributed by atoms with E-state index in [1.165, 1.54) is 0 Å². The van der Waals surface area contributed by atoms with Crippen molar-refractivity contribution in [1.29, 1.82) is 0 Å². The fourth-order valence-corrected chi connectivity index (χ4v) is 2.29. The van der Waals surface area contributed by atoms with E-state index in [1.807, 2.05) is 56.9 Å². The molecule has 1 N–H and O–H groups in total. The summed E-state index contributed by atoms with van der Waals surface area (Å²) in [5.41, 5.74) is 1.81. The molecule has 1 atom stereocenters. The largest absolute Gasteiger partial charge is 0.480 e. The Bertz CT molecular complexity index is 440. The van der Waals surface area contributed by atoms with Crippen molar-refractivity contribution >= 4 is 11.7 Å². The quantitative estimate of drug-likeness (QED) is 0.833. The molecular formula is C16H25NO3. The van der Waals surface area contributed by atoms with Crippen LogP contribution in [0.3, 0.4) is 0 Å². The number of carboxylic acids is 1. The second kappa shape index (κ2) is 6.75. The lowest BCUT2D eigenvalue weighted by atomic mass is 9.98. The van der Waals surface area contributed by atoms with Crippen LogP contribution in [-0.2, 0) is 9.53 Å². The van der Waals surface area contributed by atoms with E-state index in [-0.39, 0.29) is 18.2 Å². The van der Waals surface area contributed by atoms with Gasteiger partial charge in [-0.05, 0) is 46.2 Å². The van der Waals surface area contributed by atoms with Gasteiger partial charge >= 0.3 is 5.97 Å². The molecule has 0 saturated carbocycles. The van der Waals surface area contributed by atoms with Gasteiger partial charge in [0.15, 0.2) is 0 Å². The minimum absolute atomic E-state index is 0.00990. The summed E-state index contributed by atoms with van der Waals surface area (Å²) in [5.74, 6) is -0.826. The van der Waals surface area contributed by atoms with Crippen molar-refractivity contribution in [3.8, 4) is 0 Å². The number of hydrogen-bond donors (Lipinski definition) is 1. The van der Waals surface area contributed by atoms with Crippen LogP contribution in [0.15, 0.2) is 24.3 Å².